The number of carbonyl (C=O) groups is 1. The van der Waals surface area contributed by atoms with Crippen molar-refractivity contribution in [3.05, 3.63) is 81.4 Å². The molecule has 0 spiro atoms. The summed E-state index contributed by atoms with van der Waals surface area (Å²) in [4.78, 5) is 13.6. The molecule has 1 N–H and O–H groups in total. The van der Waals surface area contributed by atoms with Crippen molar-refractivity contribution in [2.45, 2.75) is 0 Å². The molecule has 0 radical (unpaired) electrons. The van der Waals surface area contributed by atoms with E-state index in [4.69, 9.17) is 0 Å². The van der Waals surface area contributed by atoms with Crippen LogP contribution in [-0.4, -0.2) is 12.1 Å². The summed E-state index contributed by atoms with van der Waals surface area (Å²) in [7, 11) is 0. The number of carbonyl (C=O) groups excluding carboxylic acids is 1. The number of rotatable bonds is 4. The fourth-order valence-corrected chi connectivity index (χ4v) is 3.31. The molecule has 0 saturated carbocycles. The monoisotopic (exact) mass is 402 g/mol. The number of hydrazone groups is 1. The molecule has 0 saturated heterocycles. The fourth-order valence-electron chi connectivity index (χ4n) is 2.02. The normalized spacial score (nSPS) is 10.9. The number of nitrogens with zero attached hydrogens (tertiary/aromatic N) is 1. The zero-order valence-corrected chi connectivity index (χ0v) is 14.8. The molecule has 2 aromatic carbocycles. The van der Waals surface area contributed by atoms with Crippen molar-refractivity contribution in [2.75, 3.05) is 0 Å². The predicted molar refractivity (Wildman–Crippen MR) is 98.9 cm³/mol. The summed E-state index contributed by atoms with van der Waals surface area (Å²) in [6.07, 6.45) is 1.58. The van der Waals surface area contributed by atoms with Crippen LogP contribution in [0.3, 0.4) is 0 Å². The van der Waals surface area contributed by atoms with Gasteiger partial charge in [-0.3, -0.25) is 4.79 Å². The van der Waals surface area contributed by atoms with E-state index < -0.39 is 0 Å². The Kier molecular flexibility index (Phi) is 5.17. The lowest BCUT2D eigenvalue weighted by Gasteiger charge is -1.98. The SMILES string of the molecule is O=C(N/N=C\c1ccccc1Br)c1ccc(-c2ccc(F)cc2)s1. The molecule has 1 aromatic heterocycles. The summed E-state index contributed by atoms with van der Waals surface area (Å²) < 4.78 is 13.9. The number of nitrogens with one attached hydrogen (secondary N) is 1. The lowest BCUT2D eigenvalue weighted by Crippen LogP contribution is -2.16. The third-order valence-electron chi connectivity index (χ3n) is 3.23. The topological polar surface area (TPSA) is 41.5 Å². The lowest BCUT2D eigenvalue weighted by atomic mass is 10.2. The molecule has 0 bridgehead atoms. The van der Waals surface area contributed by atoms with E-state index in [1.165, 1.54) is 23.5 Å². The second kappa shape index (κ2) is 7.51. The Balaban J connectivity index is 1.68. The number of thiophene rings is 1. The molecule has 0 unspecified atom stereocenters. The predicted octanol–water partition coefficient (Wildman–Crippen LogP) is 5.08. The Labute approximate surface area is 151 Å². The maximum Gasteiger partial charge on any atom is 0.281 e. The molecule has 1 amide bonds. The van der Waals surface area contributed by atoms with Crippen LogP contribution in [0.1, 0.15) is 15.2 Å². The Bertz CT molecular complexity index is 890. The van der Waals surface area contributed by atoms with E-state index in [1.807, 2.05) is 30.3 Å². The largest absolute Gasteiger partial charge is 0.281 e. The average molecular weight is 403 g/mol. The molecule has 0 aliphatic carbocycles. The van der Waals surface area contributed by atoms with Crippen molar-refractivity contribution in [3.8, 4) is 10.4 Å². The van der Waals surface area contributed by atoms with Gasteiger partial charge >= 0.3 is 0 Å². The van der Waals surface area contributed by atoms with E-state index in [-0.39, 0.29) is 11.7 Å². The standard InChI is InChI=1S/C18H12BrFN2OS/c19-15-4-2-1-3-13(15)11-21-22-18(23)17-10-9-16(24-17)12-5-7-14(20)8-6-12/h1-11H,(H,22,23)/b21-11-. The van der Waals surface area contributed by atoms with E-state index in [1.54, 1.807) is 24.4 Å². The first-order valence-electron chi connectivity index (χ1n) is 7.07. The van der Waals surface area contributed by atoms with Crippen molar-refractivity contribution in [1.82, 2.24) is 5.43 Å². The highest BCUT2D eigenvalue weighted by atomic mass is 79.9. The van der Waals surface area contributed by atoms with Gasteiger partial charge < -0.3 is 0 Å². The number of halogens is 2. The maximum atomic E-state index is 13.0. The van der Waals surface area contributed by atoms with Gasteiger partial charge in [-0.15, -0.1) is 11.3 Å². The van der Waals surface area contributed by atoms with Crippen LogP contribution in [0.5, 0.6) is 0 Å². The molecule has 6 heteroatoms. The van der Waals surface area contributed by atoms with Crippen LogP contribution in [0.2, 0.25) is 0 Å². The first-order valence-corrected chi connectivity index (χ1v) is 8.68. The van der Waals surface area contributed by atoms with E-state index in [2.05, 4.69) is 26.5 Å². The van der Waals surface area contributed by atoms with Gasteiger partial charge in [-0.2, -0.15) is 5.10 Å². The number of hydrogen-bond donors (Lipinski definition) is 1. The van der Waals surface area contributed by atoms with Gasteiger partial charge in [0.05, 0.1) is 11.1 Å². The van der Waals surface area contributed by atoms with Gasteiger partial charge in [0, 0.05) is 14.9 Å². The molecule has 0 aliphatic heterocycles. The summed E-state index contributed by atoms with van der Waals surface area (Å²) in [5.41, 5.74) is 4.25. The first kappa shape index (κ1) is 16.5. The van der Waals surface area contributed by atoms with Crippen LogP contribution in [0, 0.1) is 5.82 Å². The van der Waals surface area contributed by atoms with E-state index in [0.29, 0.717) is 4.88 Å². The maximum absolute atomic E-state index is 13.0. The molecule has 3 rings (SSSR count). The molecule has 0 aliphatic rings. The highest BCUT2D eigenvalue weighted by Gasteiger charge is 2.09. The van der Waals surface area contributed by atoms with Gasteiger partial charge in [-0.25, -0.2) is 9.82 Å². The minimum atomic E-state index is -0.283. The zero-order chi connectivity index (χ0) is 16.9. The smallest absolute Gasteiger partial charge is 0.266 e. The lowest BCUT2D eigenvalue weighted by molar-refractivity contribution is 0.0959. The van der Waals surface area contributed by atoms with Crippen LogP contribution in [-0.2, 0) is 0 Å². The quantitative estimate of drug-likeness (QED) is 0.479. The van der Waals surface area contributed by atoms with E-state index >= 15 is 0 Å². The zero-order valence-electron chi connectivity index (χ0n) is 12.4. The second-order valence-corrected chi connectivity index (χ2v) is 6.83. The average Bonchev–Trinajstić information content (AvgIpc) is 3.07. The second-order valence-electron chi connectivity index (χ2n) is 4.89. The molecule has 0 atom stereocenters. The van der Waals surface area contributed by atoms with Crippen LogP contribution in [0.15, 0.2) is 70.2 Å². The summed E-state index contributed by atoms with van der Waals surface area (Å²) >= 11 is 4.75. The Morgan fingerprint density at radius 3 is 2.58 bits per heavy atom. The van der Waals surface area contributed by atoms with Gasteiger partial charge in [-0.1, -0.05) is 46.3 Å². The van der Waals surface area contributed by atoms with Crippen molar-refractivity contribution < 1.29 is 9.18 Å². The van der Waals surface area contributed by atoms with Crippen molar-refractivity contribution in [1.29, 1.82) is 0 Å². The summed E-state index contributed by atoms with van der Waals surface area (Å²) in [6, 6.07) is 17.3. The van der Waals surface area contributed by atoms with Gasteiger partial charge in [-0.05, 0) is 35.9 Å². The third-order valence-corrected chi connectivity index (χ3v) is 5.09. The third kappa shape index (κ3) is 3.96. The van der Waals surface area contributed by atoms with Gasteiger partial charge in [0.1, 0.15) is 5.82 Å². The summed E-state index contributed by atoms with van der Waals surface area (Å²) in [5.74, 6) is -0.564. The molecule has 0 fully saturated rings. The molecule has 24 heavy (non-hydrogen) atoms. The minimum Gasteiger partial charge on any atom is -0.266 e. The minimum absolute atomic E-state index is 0.281. The van der Waals surface area contributed by atoms with Gasteiger partial charge in [0.2, 0.25) is 0 Å². The molecular weight excluding hydrogens is 391 g/mol. The molecule has 3 aromatic rings. The summed E-state index contributed by atoms with van der Waals surface area (Å²) in [6.45, 7) is 0. The van der Waals surface area contributed by atoms with E-state index in [0.717, 1.165) is 20.5 Å². The number of benzene rings is 2. The molecule has 3 nitrogen and oxygen atoms in total. The Morgan fingerprint density at radius 1 is 1.08 bits per heavy atom. The Hall–Kier alpha value is -2.31. The fraction of sp³-hybridized carbons (Fsp3) is 0. The molecule has 1 heterocycles. The molecule has 120 valence electrons. The van der Waals surface area contributed by atoms with Crippen molar-refractivity contribution in [2.24, 2.45) is 5.10 Å². The van der Waals surface area contributed by atoms with Crippen LogP contribution in [0.4, 0.5) is 4.39 Å². The number of hydrogen-bond acceptors (Lipinski definition) is 3. The van der Waals surface area contributed by atoms with Crippen LogP contribution >= 0.6 is 27.3 Å². The van der Waals surface area contributed by atoms with Crippen LogP contribution < -0.4 is 5.43 Å². The number of amides is 1. The van der Waals surface area contributed by atoms with Gasteiger partial charge in [0.25, 0.3) is 5.91 Å². The van der Waals surface area contributed by atoms with E-state index in [9.17, 15) is 9.18 Å². The highest BCUT2D eigenvalue weighted by molar-refractivity contribution is 9.10. The van der Waals surface area contributed by atoms with Crippen molar-refractivity contribution in [3.63, 3.8) is 0 Å². The highest BCUT2D eigenvalue weighted by Crippen LogP contribution is 2.28. The van der Waals surface area contributed by atoms with Crippen molar-refractivity contribution >= 4 is 39.4 Å². The first-order chi connectivity index (χ1) is 11.6. The Morgan fingerprint density at radius 2 is 1.83 bits per heavy atom. The molecular formula is C18H12BrFN2OS. The summed E-state index contributed by atoms with van der Waals surface area (Å²) in [5, 5.41) is 3.97. The van der Waals surface area contributed by atoms with Gasteiger partial charge in [0.15, 0.2) is 0 Å². The van der Waals surface area contributed by atoms with Crippen LogP contribution in [0.25, 0.3) is 10.4 Å².